The molecule has 0 aliphatic carbocycles. The van der Waals surface area contributed by atoms with Crippen LogP contribution in [0.25, 0.3) is 5.65 Å². The van der Waals surface area contributed by atoms with Crippen molar-refractivity contribution in [3.63, 3.8) is 0 Å². The number of nitrogens with zero attached hydrogens (tertiary/aromatic N) is 3. The highest BCUT2D eigenvalue weighted by Gasteiger charge is 2.44. The number of aromatic amines is 1. The third-order valence-electron chi connectivity index (χ3n) is 6.09. The van der Waals surface area contributed by atoms with Crippen molar-refractivity contribution in [2.24, 2.45) is 0 Å². The summed E-state index contributed by atoms with van der Waals surface area (Å²) in [7, 11) is 0. The number of para-hydroxylation sites is 2. The third-order valence-corrected chi connectivity index (χ3v) is 6.44. The number of nitrogens with one attached hydrogen (secondary N) is 3. The van der Waals surface area contributed by atoms with Crippen LogP contribution in [0.1, 0.15) is 60.0 Å². The van der Waals surface area contributed by atoms with Crippen molar-refractivity contribution in [1.82, 2.24) is 25.1 Å². The van der Waals surface area contributed by atoms with Gasteiger partial charge in [-0.15, -0.1) is 10.2 Å². The molecule has 0 atom stereocenters. The quantitative estimate of drug-likeness (QED) is 0.429. The molecule has 0 radical (unpaired) electrons. The minimum Gasteiger partial charge on any atom is -0.482 e. The number of carbonyl (C=O) groups is 2. The van der Waals surface area contributed by atoms with Crippen molar-refractivity contribution >= 4 is 35.3 Å². The lowest BCUT2D eigenvalue weighted by atomic mass is 9.73. The molecule has 0 saturated carbocycles. The van der Waals surface area contributed by atoms with Gasteiger partial charge in [-0.25, -0.2) is 4.52 Å². The average Bonchev–Trinajstić information content (AvgIpc) is 3.27. The van der Waals surface area contributed by atoms with Crippen molar-refractivity contribution in [3.8, 4) is 5.75 Å². The molecule has 1 aromatic carbocycles. The number of ether oxygens (including phenoxy) is 1. The Balaban J connectivity index is 1.80. The first-order valence-electron chi connectivity index (χ1n) is 10.7. The lowest BCUT2D eigenvalue weighted by Gasteiger charge is -2.40. The van der Waals surface area contributed by atoms with Crippen molar-refractivity contribution in [2.75, 3.05) is 11.9 Å². The van der Waals surface area contributed by atoms with E-state index in [0.717, 1.165) is 5.69 Å². The Labute approximate surface area is 198 Å². The van der Waals surface area contributed by atoms with Gasteiger partial charge in [-0.3, -0.25) is 14.7 Å². The van der Waals surface area contributed by atoms with Gasteiger partial charge in [0.15, 0.2) is 18.1 Å². The van der Waals surface area contributed by atoms with E-state index in [1.165, 1.54) is 0 Å². The van der Waals surface area contributed by atoms with Crippen LogP contribution >= 0.6 is 11.6 Å². The number of benzene rings is 1. The smallest absolute Gasteiger partial charge is 0.258 e. The van der Waals surface area contributed by atoms with Crippen LogP contribution in [0.5, 0.6) is 5.75 Å². The zero-order valence-corrected chi connectivity index (χ0v) is 20.8. The Morgan fingerprint density at radius 1 is 1.15 bits per heavy atom. The first-order valence-corrected chi connectivity index (χ1v) is 11.0. The topological polar surface area (TPSA) is 113 Å². The molecule has 3 N–H and O–H groups in total. The number of anilines is 1. The summed E-state index contributed by atoms with van der Waals surface area (Å²) in [5.41, 5.74) is 0.344. The van der Waals surface area contributed by atoms with E-state index in [4.69, 9.17) is 16.3 Å². The molecule has 0 bridgehead atoms. The average molecular weight is 475 g/mol. The van der Waals surface area contributed by atoms with Gasteiger partial charge in [-0.1, -0.05) is 58.4 Å². The molecule has 10 heteroatoms. The molecule has 2 amide bonds. The second-order valence-corrected chi connectivity index (χ2v) is 10.5. The monoisotopic (exact) mass is 474 g/mol. The minimum atomic E-state index is -0.726. The van der Waals surface area contributed by atoms with E-state index in [2.05, 4.69) is 46.7 Å². The summed E-state index contributed by atoms with van der Waals surface area (Å²) in [4.78, 5) is 23.5. The van der Waals surface area contributed by atoms with Gasteiger partial charge in [-0.2, -0.15) is 0 Å². The van der Waals surface area contributed by atoms with Crippen molar-refractivity contribution in [1.29, 1.82) is 0 Å². The number of rotatable bonds is 8. The number of amides is 2. The summed E-state index contributed by atoms with van der Waals surface area (Å²) in [6.07, 6.45) is 0.561. The largest absolute Gasteiger partial charge is 0.482 e. The summed E-state index contributed by atoms with van der Waals surface area (Å²) in [6.45, 7) is 13.8. The van der Waals surface area contributed by atoms with Crippen molar-refractivity contribution in [2.45, 2.75) is 64.8 Å². The number of H-pyrrole nitrogens is 1. The fraction of sp³-hybridized carbons (Fsp3) is 0.478. The maximum Gasteiger partial charge on any atom is 0.258 e. The van der Waals surface area contributed by atoms with Crippen LogP contribution in [0.15, 0.2) is 24.3 Å². The normalized spacial score (nSPS) is 12.6. The van der Waals surface area contributed by atoms with Crippen molar-refractivity contribution in [3.05, 3.63) is 40.8 Å². The predicted octanol–water partition coefficient (Wildman–Crippen LogP) is 3.83. The molecule has 0 aliphatic heterocycles. The van der Waals surface area contributed by atoms with E-state index in [1.54, 1.807) is 28.8 Å². The van der Waals surface area contributed by atoms with E-state index in [9.17, 15) is 9.59 Å². The number of carbonyl (C=O) groups excluding carboxylic acids is 2. The van der Waals surface area contributed by atoms with Gasteiger partial charge in [0, 0.05) is 16.4 Å². The molecule has 0 saturated heterocycles. The fourth-order valence-corrected chi connectivity index (χ4v) is 3.89. The Morgan fingerprint density at radius 3 is 2.45 bits per heavy atom. The third kappa shape index (κ3) is 4.68. The van der Waals surface area contributed by atoms with Gasteiger partial charge < -0.3 is 15.4 Å². The maximum absolute atomic E-state index is 12.8. The van der Waals surface area contributed by atoms with Crippen LogP contribution in [0, 0.1) is 0 Å². The first-order chi connectivity index (χ1) is 15.3. The van der Waals surface area contributed by atoms with Gasteiger partial charge in [-0.05, 0) is 26.0 Å². The van der Waals surface area contributed by atoms with Crippen LogP contribution in [-0.2, 0) is 20.4 Å². The number of halogens is 1. The Bertz CT molecular complexity index is 1170. The van der Waals surface area contributed by atoms with Gasteiger partial charge in [0.2, 0.25) is 6.41 Å². The van der Waals surface area contributed by atoms with E-state index < -0.39 is 11.0 Å². The highest BCUT2D eigenvalue weighted by Crippen LogP contribution is 2.37. The SMILES string of the molecule is CC(C)(C)c1[nH]n2c(C(C)(C)C(C)(C)NC(=O)COc3ccccc3NC=O)nnc2c1Cl. The van der Waals surface area contributed by atoms with Gasteiger partial charge in [0.1, 0.15) is 10.8 Å². The standard InChI is InChI=1S/C23H31ClN6O3/c1-21(2,3)18-17(24)19-27-28-20(30(19)29-18)22(4,5)23(6,7)26-16(32)12-33-15-11-9-8-10-14(15)25-13-31/h8-11,13,29H,12H2,1-7H3,(H,25,31)(H,26,32). The summed E-state index contributed by atoms with van der Waals surface area (Å²) < 4.78 is 7.42. The molecule has 178 valence electrons. The van der Waals surface area contributed by atoms with Gasteiger partial charge in [0.05, 0.1) is 11.4 Å². The first kappa shape index (κ1) is 24.6. The van der Waals surface area contributed by atoms with Crippen LogP contribution in [0.3, 0.4) is 0 Å². The molecule has 3 rings (SSSR count). The fourth-order valence-electron chi connectivity index (χ4n) is 3.45. The zero-order valence-electron chi connectivity index (χ0n) is 20.0. The van der Waals surface area contributed by atoms with Gasteiger partial charge in [0.25, 0.3) is 5.91 Å². The van der Waals surface area contributed by atoms with E-state index in [0.29, 0.717) is 34.3 Å². The number of hydrogen-bond acceptors (Lipinski definition) is 5. The Kier molecular flexibility index (Phi) is 6.48. The summed E-state index contributed by atoms with van der Waals surface area (Å²) >= 11 is 6.57. The molecule has 0 fully saturated rings. The lowest BCUT2D eigenvalue weighted by molar-refractivity contribution is -0.125. The zero-order chi connectivity index (χ0) is 24.6. The highest BCUT2D eigenvalue weighted by atomic mass is 35.5. The number of hydrogen-bond donors (Lipinski definition) is 3. The number of aromatic nitrogens is 4. The van der Waals surface area contributed by atoms with E-state index in [-0.39, 0.29) is 17.9 Å². The predicted molar refractivity (Wildman–Crippen MR) is 128 cm³/mol. The molecular weight excluding hydrogens is 444 g/mol. The second kappa shape index (κ2) is 8.70. The van der Waals surface area contributed by atoms with Crippen LogP contribution in [0.2, 0.25) is 5.02 Å². The summed E-state index contributed by atoms with van der Waals surface area (Å²) in [5, 5.41) is 18.1. The Morgan fingerprint density at radius 2 is 1.82 bits per heavy atom. The van der Waals surface area contributed by atoms with E-state index in [1.807, 2.05) is 27.7 Å². The molecule has 0 unspecified atom stereocenters. The van der Waals surface area contributed by atoms with Crippen LogP contribution in [-0.4, -0.2) is 44.3 Å². The molecular formula is C23H31ClN6O3. The summed E-state index contributed by atoms with van der Waals surface area (Å²) in [5.74, 6) is 0.739. The minimum absolute atomic E-state index is 0.199. The Hall–Kier alpha value is -3.07. The van der Waals surface area contributed by atoms with Crippen molar-refractivity contribution < 1.29 is 14.3 Å². The summed E-state index contributed by atoms with van der Waals surface area (Å²) in [6, 6.07) is 6.91. The molecule has 2 aromatic heterocycles. The highest BCUT2D eigenvalue weighted by molar-refractivity contribution is 6.34. The van der Waals surface area contributed by atoms with Gasteiger partial charge >= 0.3 is 0 Å². The molecule has 0 spiro atoms. The lowest BCUT2D eigenvalue weighted by Crippen LogP contribution is -2.57. The molecule has 2 heterocycles. The van der Waals surface area contributed by atoms with Crippen LogP contribution < -0.4 is 15.4 Å². The molecule has 0 aliphatic rings. The number of fused-ring (bicyclic) bond motifs is 1. The molecule has 33 heavy (non-hydrogen) atoms. The van der Waals surface area contributed by atoms with Crippen LogP contribution in [0.4, 0.5) is 5.69 Å². The maximum atomic E-state index is 12.8. The molecule has 3 aromatic rings. The van der Waals surface area contributed by atoms with E-state index >= 15 is 0 Å². The second-order valence-electron chi connectivity index (χ2n) is 10.1. The molecule has 9 nitrogen and oxygen atoms in total.